The fourth-order valence-electron chi connectivity index (χ4n) is 5.06. The van der Waals surface area contributed by atoms with Gasteiger partial charge in [-0.15, -0.1) is 12.6 Å². The van der Waals surface area contributed by atoms with E-state index in [0.717, 1.165) is 21.8 Å². The van der Waals surface area contributed by atoms with Gasteiger partial charge >= 0.3 is 0 Å². The molecule has 156 valence electrons. The zero-order chi connectivity index (χ0) is 22.0. The third-order valence-electron chi connectivity index (χ3n) is 6.39. The number of Topliss-reactive ketones (excluding diaryl/α,β-unsaturated/α-hetero) is 1. The Labute approximate surface area is 189 Å². The third-order valence-corrected chi connectivity index (χ3v) is 6.53. The second kappa shape index (κ2) is 6.97. The van der Waals surface area contributed by atoms with Gasteiger partial charge in [0.05, 0.1) is 13.1 Å². The van der Waals surface area contributed by atoms with E-state index in [4.69, 9.17) is 0 Å². The molecule has 2 heterocycles. The molecule has 0 aliphatic carbocycles. The number of benzene rings is 4. The first kappa shape index (κ1) is 19.1. The molecule has 0 N–H and O–H groups in total. The molecule has 0 amide bonds. The Morgan fingerprint density at radius 2 is 0.969 bits per heavy atom. The summed E-state index contributed by atoms with van der Waals surface area (Å²) in [5, 5.41) is 9.32. The maximum absolute atomic E-state index is 11.6. The monoisotopic (exact) mass is 436 g/mol. The maximum atomic E-state index is 11.6. The summed E-state index contributed by atoms with van der Waals surface area (Å²) in [6, 6.07) is 21.4. The number of nitrogens with zero attached hydrogens (tertiary/aromatic N) is 2. The standard InChI is InChI=1S/C27H20N2O2S/c1-16(30)14-28-12-10-23-21-4-2-18-17(19(21)6-8-25(23)28)3-5-22-20(18)7-9-26-24(22)11-13-29(26)15-27(31)32/h2-13H,14-15H2,1H3,(H,31,32). The summed E-state index contributed by atoms with van der Waals surface area (Å²) in [4.78, 5) is 23.1. The topological polar surface area (TPSA) is 44.0 Å². The summed E-state index contributed by atoms with van der Waals surface area (Å²) >= 11 is 3.93. The van der Waals surface area contributed by atoms with Gasteiger partial charge in [0.25, 0.3) is 0 Å². The van der Waals surface area contributed by atoms with Crippen LogP contribution in [0.3, 0.4) is 0 Å². The van der Waals surface area contributed by atoms with E-state index in [1.54, 1.807) is 6.92 Å². The van der Waals surface area contributed by atoms with Crippen LogP contribution in [0.1, 0.15) is 6.92 Å². The number of thiol groups is 1. The molecule has 0 radical (unpaired) electrons. The van der Waals surface area contributed by atoms with E-state index >= 15 is 0 Å². The van der Waals surface area contributed by atoms with Crippen molar-refractivity contribution in [2.45, 2.75) is 20.0 Å². The van der Waals surface area contributed by atoms with Crippen molar-refractivity contribution in [2.75, 3.05) is 0 Å². The smallest absolute Gasteiger partial charge is 0.205 e. The van der Waals surface area contributed by atoms with Gasteiger partial charge in [-0.05, 0) is 63.5 Å². The SMILES string of the molecule is CC(=O)Cn1ccc2c3ccc4c(ccc5c4ccc4c5ccn4CC(=O)S)c3ccc21. The molecule has 6 rings (SSSR count). The molecule has 32 heavy (non-hydrogen) atoms. The van der Waals surface area contributed by atoms with Crippen LogP contribution in [-0.4, -0.2) is 20.0 Å². The normalized spacial score (nSPS) is 11.9. The molecule has 6 aromatic rings. The zero-order valence-corrected chi connectivity index (χ0v) is 18.4. The van der Waals surface area contributed by atoms with E-state index < -0.39 is 0 Å². The maximum Gasteiger partial charge on any atom is 0.205 e. The van der Waals surface area contributed by atoms with E-state index in [0.29, 0.717) is 6.54 Å². The predicted octanol–water partition coefficient (Wildman–Crippen LogP) is 6.10. The molecule has 0 bridgehead atoms. The Kier molecular flexibility index (Phi) is 4.17. The Morgan fingerprint density at radius 1 is 0.594 bits per heavy atom. The van der Waals surface area contributed by atoms with Gasteiger partial charge in [0, 0.05) is 34.2 Å². The molecular formula is C27H20N2O2S. The van der Waals surface area contributed by atoms with Gasteiger partial charge in [0.15, 0.2) is 0 Å². The number of carbonyl (C=O) groups excluding carboxylic acids is 2. The molecule has 4 aromatic carbocycles. The van der Waals surface area contributed by atoms with E-state index in [9.17, 15) is 9.59 Å². The number of fused-ring (bicyclic) bond motifs is 9. The van der Waals surface area contributed by atoms with Gasteiger partial charge < -0.3 is 9.13 Å². The van der Waals surface area contributed by atoms with Gasteiger partial charge in [-0.3, -0.25) is 9.59 Å². The highest BCUT2D eigenvalue weighted by Crippen LogP contribution is 2.37. The molecule has 4 nitrogen and oxygen atoms in total. The lowest BCUT2D eigenvalue weighted by atomic mass is 9.94. The Morgan fingerprint density at radius 3 is 1.38 bits per heavy atom. The quantitative estimate of drug-likeness (QED) is 0.268. The predicted molar refractivity (Wildman–Crippen MR) is 135 cm³/mol. The number of rotatable bonds is 4. The summed E-state index contributed by atoms with van der Waals surface area (Å²) in [6.07, 6.45) is 3.94. The first-order chi connectivity index (χ1) is 15.5. The second-order valence-electron chi connectivity index (χ2n) is 8.40. The highest BCUT2D eigenvalue weighted by molar-refractivity contribution is 7.96. The average molecular weight is 437 g/mol. The van der Waals surface area contributed by atoms with Crippen LogP contribution in [0.5, 0.6) is 0 Å². The van der Waals surface area contributed by atoms with Gasteiger partial charge in [0.1, 0.15) is 5.78 Å². The van der Waals surface area contributed by atoms with Crippen LogP contribution in [0.2, 0.25) is 0 Å². The Balaban J connectivity index is 1.61. The van der Waals surface area contributed by atoms with Crippen molar-refractivity contribution >= 4 is 77.7 Å². The minimum absolute atomic E-state index is 0.145. The van der Waals surface area contributed by atoms with Crippen LogP contribution in [0.15, 0.2) is 73.1 Å². The largest absolute Gasteiger partial charge is 0.340 e. The Bertz CT molecular complexity index is 1610. The molecule has 0 saturated heterocycles. The highest BCUT2D eigenvalue weighted by atomic mass is 32.1. The second-order valence-corrected chi connectivity index (χ2v) is 8.90. The number of carbonyl (C=O) groups is 2. The zero-order valence-electron chi connectivity index (χ0n) is 17.5. The number of hydrogen-bond acceptors (Lipinski definition) is 2. The summed E-state index contributed by atoms with van der Waals surface area (Å²) in [5.74, 6) is 0.145. The average Bonchev–Trinajstić information content (AvgIpc) is 3.36. The summed E-state index contributed by atoms with van der Waals surface area (Å²) < 4.78 is 3.95. The van der Waals surface area contributed by atoms with Gasteiger partial charge in [-0.25, -0.2) is 0 Å². The minimum Gasteiger partial charge on any atom is -0.340 e. The lowest BCUT2D eigenvalue weighted by Gasteiger charge is -2.11. The van der Waals surface area contributed by atoms with E-state index in [-0.39, 0.29) is 17.4 Å². The van der Waals surface area contributed by atoms with Crippen molar-refractivity contribution in [1.29, 1.82) is 0 Å². The van der Waals surface area contributed by atoms with Crippen LogP contribution in [0, 0.1) is 0 Å². The van der Waals surface area contributed by atoms with Crippen molar-refractivity contribution in [3.8, 4) is 0 Å². The minimum atomic E-state index is -0.156. The van der Waals surface area contributed by atoms with Crippen molar-refractivity contribution in [3.63, 3.8) is 0 Å². The van der Waals surface area contributed by atoms with Crippen LogP contribution >= 0.6 is 12.6 Å². The van der Waals surface area contributed by atoms with Crippen LogP contribution in [0.4, 0.5) is 0 Å². The van der Waals surface area contributed by atoms with Gasteiger partial charge in [0.2, 0.25) is 5.12 Å². The number of aromatic nitrogens is 2. The van der Waals surface area contributed by atoms with Gasteiger partial charge in [-0.1, -0.05) is 36.4 Å². The van der Waals surface area contributed by atoms with Crippen LogP contribution < -0.4 is 0 Å². The first-order valence-corrected chi connectivity index (χ1v) is 11.0. The molecule has 5 heteroatoms. The number of hydrogen-bond donors (Lipinski definition) is 1. The van der Waals surface area contributed by atoms with Crippen LogP contribution in [-0.2, 0) is 22.7 Å². The molecule has 0 aliphatic rings. The molecule has 0 atom stereocenters. The van der Waals surface area contributed by atoms with Crippen molar-refractivity contribution in [1.82, 2.24) is 9.13 Å². The fourth-order valence-corrected chi connectivity index (χ4v) is 5.22. The fraction of sp³-hybridized carbons (Fsp3) is 0.111. The number of ketones is 1. The lowest BCUT2D eigenvalue weighted by molar-refractivity contribution is -0.117. The van der Waals surface area contributed by atoms with Crippen LogP contribution in [0.25, 0.3) is 54.1 Å². The molecular weight excluding hydrogens is 416 g/mol. The summed E-state index contributed by atoms with van der Waals surface area (Å²) in [7, 11) is 0. The molecule has 2 aromatic heterocycles. The van der Waals surface area contributed by atoms with Crippen molar-refractivity contribution in [3.05, 3.63) is 73.1 Å². The van der Waals surface area contributed by atoms with Crippen molar-refractivity contribution < 1.29 is 9.59 Å². The van der Waals surface area contributed by atoms with E-state index in [2.05, 4.69) is 73.3 Å². The highest BCUT2D eigenvalue weighted by Gasteiger charge is 2.12. The van der Waals surface area contributed by atoms with E-state index in [1.165, 1.54) is 32.3 Å². The Hall–Kier alpha value is -3.57. The van der Waals surface area contributed by atoms with Gasteiger partial charge in [-0.2, -0.15) is 0 Å². The molecule has 0 unspecified atom stereocenters. The summed E-state index contributed by atoms with van der Waals surface area (Å²) in [5.41, 5.74) is 2.11. The summed E-state index contributed by atoms with van der Waals surface area (Å²) in [6.45, 7) is 2.27. The molecule has 0 saturated carbocycles. The lowest BCUT2D eigenvalue weighted by Crippen LogP contribution is -2.04. The third kappa shape index (κ3) is 2.78. The molecule has 0 fully saturated rings. The first-order valence-electron chi connectivity index (χ1n) is 10.6. The molecule has 0 aliphatic heterocycles. The molecule has 0 spiro atoms. The van der Waals surface area contributed by atoms with Crippen molar-refractivity contribution in [2.24, 2.45) is 0 Å². The van der Waals surface area contributed by atoms with E-state index in [1.807, 2.05) is 21.5 Å².